The Kier molecular flexibility index (Phi) is 8.22. The molecule has 0 aromatic heterocycles. The zero-order chi connectivity index (χ0) is 22.7. The van der Waals surface area contributed by atoms with Crippen molar-refractivity contribution in [2.45, 2.75) is 36.5 Å². The summed E-state index contributed by atoms with van der Waals surface area (Å²) in [5.74, 6) is -22.7. The van der Waals surface area contributed by atoms with E-state index in [2.05, 4.69) is 9.05 Å². The Morgan fingerprint density at radius 2 is 1.00 bits per heavy atom. The molecule has 0 aliphatic rings. The summed E-state index contributed by atoms with van der Waals surface area (Å²) in [6.07, 6.45) is -9.61. The zero-order valence-corrected chi connectivity index (χ0v) is 14.6. The fourth-order valence-electron chi connectivity index (χ4n) is 1.53. The van der Waals surface area contributed by atoms with Gasteiger partial charge in [0.25, 0.3) is 0 Å². The van der Waals surface area contributed by atoms with Gasteiger partial charge in [0, 0.05) is 5.30 Å². The van der Waals surface area contributed by atoms with Crippen molar-refractivity contribution in [2.24, 2.45) is 0 Å². The molecule has 0 fully saturated rings. The number of alkyl halides is 12. The second-order valence-corrected chi connectivity index (χ2v) is 6.94. The quantitative estimate of drug-likeness (QED) is 0.304. The lowest BCUT2D eigenvalue weighted by atomic mass is 10.2. The first-order valence-electron chi connectivity index (χ1n) is 7.25. The number of hydrogen-bond acceptors (Lipinski definition) is 2. The Bertz CT molecular complexity index is 605. The van der Waals surface area contributed by atoms with E-state index in [1.165, 1.54) is 6.07 Å². The van der Waals surface area contributed by atoms with Gasteiger partial charge in [0.15, 0.2) is 0 Å². The van der Waals surface area contributed by atoms with E-state index in [9.17, 15) is 52.7 Å². The van der Waals surface area contributed by atoms with Gasteiger partial charge in [-0.1, -0.05) is 18.2 Å². The van der Waals surface area contributed by atoms with E-state index in [-0.39, 0.29) is 5.30 Å². The summed E-state index contributed by atoms with van der Waals surface area (Å²) in [5, 5.41) is -0.380. The number of halogens is 12. The standard InChI is InChI=1S/C14H11F12O2P/c15-9(16)13(23,24)11(19,20)6-27-29(8-4-2-1-3-5-8)28-7-12(21,22)14(25,26)10(17)18/h1-5,9-10H,6-7H2. The van der Waals surface area contributed by atoms with Gasteiger partial charge >= 0.3 is 36.5 Å². The van der Waals surface area contributed by atoms with Crippen LogP contribution in [0.2, 0.25) is 0 Å². The lowest BCUT2D eigenvalue weighted by molar-refractivity contribution is -0.275. The third-order valence-corrected chi connectivity index (χ3v) is 4.66. The Balaban J connectivity index is 3.00. The van der Waals surface area contributed by atoms with Gasteiger partial charge in [-0.25, -0.2) is 17.6 Å². The van der Waals surface area contributed by atoms with Crippen LogP contribution in [0.25, 0.3) is 0 Å². The van der Waals surface area contributed by atoms with Gasteiger partial charge in [-0.2, -0.15) is 35.1 Å². The summed E-state index contributed by atoms with van der Waals surface area (Å²) in [6, 6.07) is 5.58. The third-order valence-electron chi connectivity index (χ3n) is 3.22. The van der Waals surface area contributed by atoms with E-state index >= 15 is 0 Å². The van der Waals surface area contributed by atoms with Crippen LogP contribution in [0.15, 0.2) is 30.3 Å². The molecule has 0 atom stereocenters. The van der Waals surface area contributed by atoms with Crippen molar-refractivity contribution in [1.82, 2.24) is 0 Å². The summed E-state index contributed by atoms with van der Waals surface area (Å²) in [6.45, 7) is -4.91. The van der Waals surface area contributed by atoms with Crippen LogP contribution in [0.5, 0.6) is 0 Å². The summed E-state index contributed by atoms with van der Waals surface area (Å²) in [7, 11) is -3.23. The van der Waals surface area contributed by atoms with Crippen molar-refractivity contribution in [3.05, 3.63) is 30.3 Å². The van der Waals surface area contributed by atoms with Crippen LogP contribution in [0.4, 0.5) is 52.7 Å². The van der Waals surface area contributed by atoms with Gasteiger partial charge < -0.3 is 9.05 Å². The molecule has 0 unspecified atom stereocenters. The minimum absolute atomic E-state index is 0.380. The van der Waals surface area contributed by atoms with E-state index in [0.29, 0.717) is 0 Å². The van der Waals surface area contributed by atoms with Crippen molar-refractivity contribution >= 4 is 13.7 Å². The molecule has 1 rings (SSSR count). The molecule has 29 heavy (non-hydrogen) atoms. The van der Waals surface area contributed by atoms with E-state index < -0.39 is 58.1 Å². The predicted octanol–water partition coefficient (Wildman–Crippen LogP) is 5.73. The van der Waals surface area contributed by atoms with Gasteiger partial charge in [-0.3, -0.25) is 0 Å². The van der Waals surface area contributed by atoms with Crippen molar-refractivity contribution < 1.29 is 61.7 Å². The molecule has 2 nitrogen and oxygen atoms in total. The van der Waals surface area contributed by atoms with Gasteiger partial charge in [0.05, 0.1) is 0 Å². The lowest BCUT2D eigenvalue weighted by Gasteiger charge is -2.29. The van der Waals surface area contributed by atoms with Crippen LogP contribution in [0.1, 0.15) is 0 Å². The summed E-state index contributed by atoms with van der Waals surface area (Å²) in [4.78, 5) is 0. The fourth-order valence-corrected chi connectivity index (χ4v) is 2.87. The Morgan fingerprint density at radius 3 is 1.31 bits per heavy atom. The Morgan fingerprint density at radius 1 is 0.655 bits per heavy atom. The Hall–Kier alpha value is -1.27. The highest BCUT2D eigenvalue weighted by atomic mass is 31.2. The highest BCUT2D eigenvalue weighted by molar-refractivity contribution is 7.56. The zero-order valence-electron chi connectivity index (χ0n) is 13.8. The number of hydrogen-bond donors (Lipinski definition) is 0. The highest BCUT2D eigenvalue weighted by Gasteiger charge is 2.64. The average Bonchev–Trinajstić information content (AvgIpc) is 2.61. The summed E-state index contributed by atoms with van der Waals surface area (Å²) >= 11 is 0. The lowest BCUT2D eigenvalue weighted by Crippen LogP contribution is -2.50. The molecular formula is C14H11F12O2P. The van der Waals surface area contributed by atoms with E-state index in [1.54, 1.807) is 0 Å². The van der Waals surface area contributed by atoms with Crippen molar-refractivity contribution in [2.75, 3.05) is 13.2 Å². The van der Waals surface area contributed by atoms with Crippen molar-refractivity contribution in [3.8, 4) is 0 Å². The maximum absolute atomic E-state index is 13.3. The monoisotopic (exact) mass is 470 g/mol. The van der Waals surface area contributed by atoms with Gasteiger partial charge in [0.2, 0.25) is 8.38 Å². The molecule has 0 aliphatic heterocycles. The highest BCUT2D eigenvalue weighted by Crippen LogP contribution is 2.47. The largest absolute Gasteiger partial charge is 0.371 e. The third kappa shape index (κ3) is 5.88. The number of benzene rings is 1. The molecule has 1 aromatic rings. The molecule has 15 heteroatoms. The van der Waals surface area contributed by atoms with E-state index in [4.69, 9.17) is 0 Å². The first-order chi connectivity index (χ1) is 13.1. The predicted molar refractivity (Wildman–Crippen MR) is 76.7 cm³/mol. The van der Waals surface area contributed by atoms with Gasteiger partial charge in [0.1, 0.15) is 13.2 Å². The summed E-state index contributed by atoms with van der Waals surface area (Å²) < 4.78 is 162. The molecule has 0 saturated carbocycles. The normalized spacial score (nSPS) is 14.3. The second kappa shape index (κ2) is 9.25. The van der Waals surface area contributed by atoms with Crippen LogP contribution in [0.3, 0.4) is 0 Å². The molecule has 0 saturated heterocycles. The van der Waals surface area contributed by atoms with E-state index in [0.717, 1.165) is 24.3 Å². The molecule has 0 heterocycles. The van der Waals surface area contributed by atoms with Crippen molar-refractivity contribution in [1.29, 1.82) is 0 Å². The average molecular weight is 470 g/mol. The molecule has 0 N–H and O–H groups in total. The van der Waals surface area contributed by atoms with Crippen LogP contribution in [0, 0.1) is 0 Å². The Labute approximate surface area is 156 Å². The molecule has 168 valence electrons. The van der Waals surface area contributed by atoms with Gasteiger partial charge in [-0.05, 0) is 12.1 Å². The number of rotatable bonds is 11. The van der Waals surface area contributed by atoms with Crippen LogP contribution in [-0.2, 0) is 9.05 Å². The minimum Gasteiger partial charge on any atom is -0.324 e. The van der Waals surface area contributed by atoms with Gasteiger partial charge in [-0.15, -0.1) is 0 Å². The smallest absolute Gasteiger partial charge is 0.324 e. The molecule has 0 radical (unpaired) electrons. The molecular weight excluding hydrogens is 459 g/mol. The maximum atomic E-state index is 13.3. The molecule has 0 spiro atoms. The second-order valence-electron chi connectivity index (χ2n) is 5.40. The fraction of sp³-hybridized carbons (Fsp3) is 0.571. The first-order valence-corrected chi connectivity index (χ1v) is 8.42. The maximum Gasteiger partial charge on any atom is 0.371 e. The molecule has 0 aliphatic carbocycles. The summed E-state index contributed by atoms with van der Waals surface area (Å²) in [5.41, 5.74) is 0. The molecule has 1 aromatic carbocycles. The van der Waals surface area contributed by atoms with Crippen LogP contribution >= 0.6 is 8.38 Å². The SMILES string of the molecule is FC(F)C(F)(F)C(F)(F)COP(OCC(F)(F)C(F)(F)C(F)F)c1ccccc1. The van der Waals surface area contributed by atoms with Crippen molar-refractivity contribution in [3.63, 3.8) is 0 Å². The van der Waals surface area contributed by atoms with Crippen LogP contribution in [-0.4, -0.2) is 49.8 Å². The van der Waals surface area contributed by atoms with E-state index in [1.807, 2.05) is 0 Å². The molecule has 0 amide bonds. The topological polar surface area (TPSA) is 18.5 Å². The molecule has 0 bridgehead atoms. The first kappa shape index (κ1) is 25.8. The van der Waals surface area contributed by atoms with Crippen LogP contribution < -0.4 is 5.30 Å². The minimum atomic E-state index is -5.86.